The van der Waals surface area contributed by atoms with Crippen LogP contribution in [0.15, 0.2) is 36.5 Å². The van der Waals surface area contributed by atoms with Gasteiger partial charge in [0.05, 0.1) is 0 Å². The number of methoxy groups -OCH3 is 1. The van der Waals surface area contributed by atoms with Crippen molar-refractivity contribution in [3.63, 3.8) is 0 Å². The van der Waals surface area contributed by atoms with Gasteiger partial charge in [0.2, 0.25) is 0 Å². The average Bonchev–Trinajstić information content (AvgIpc) is 2.91. The number of ether oxygens (including phenoxy) is 1. The first-order valence-corrected chi connectivity index (χ1v) is 9.28. The molecule has 3 rings (SSSR count). The van der Waals surface area contributed by atoms with Gasteiger partial charge < -0.3 is 0 Å². The molecule has 1 aromatic carbocycles. The van der Waals surface area contributed by atoms with E-state index in [0.29, 0.717) is 26.1 Å². The molecule has 0 spiro atoms. The third-order valence-corrected chi connectivity index (χ3v) is 5.59. The Bertz CT molecular complexity index is 936. The maximum absolute atomic E-state index is 11.1. The molecule has 7 nitrogen and oxygen atoms in total. The molecule has 2 heterocycles. The molecule has 0 radical (unpaired) electrons. The number of aromatic nitrogens is 3. The average molecular weight is 516 g/mol. The summed E-state index contributed by atoms with van der Waals surface area (Å²) in [5, 5.41) is 16.5. The number of non-ortho nitro benzene ring substituents is 1. The molecule has 0 amide bonds. The van der Waals surface area contributed by atoms with E-state index in [4.69, 9.17) is 4.74 Å². The number of rotatable bonds is 4. The van der Waals surface area contributed by atoms with Crippen LogP contribution in [0.25, 0.3) is 22.2 Å². The standard InChI is InChI=1S/C16H15N4O3.Tl/c1-16(2,23-3)14-8-10(6-7-17-14)15-12-9-11(20(21)22)4-5-13(12)18-19-15;/h4-9H,1-3H3;/q-1;+1. The van der Waals surface area contributed by atoms with Crippen LogP contribution >= 0.6 is 0 Å². The van der Waals surface area contributed by atoms with Gasteiger partial charge in [-0.05, 0) is 0 Å². The summed E-state index contributed by atoms with van der Waals surface area (Å²) in [5.41, 5.74) is 2.83. The zero-order valence-electron chi connectivity index (χ0n) is 13.6. The zero-order valence-corrected chi connectivity index (χ0v) is 18.0. The van der Waals surface area contributed by atoms with Gasteiger partial charge in [0, 0.05) is 0 Å². The number of pyridine rings is 1. The van der Waals surface area contributed by atoms with Crippen molar-refractivity contribution in [2.45, 2.75) is 19.4 Å². The molecule has 0 aliphatic carbocycles. The predicted octanol–water partition coefficient (Wildman–Crippen LogP) is 2.82. The Morgan fingerprint density at radius 3 is 2.71 bits per heavy atom. The van der Waals surface area contributed by atoms with E-state index in [1.807, 2.05) is 28.5 Å². The molecule has 24 heavy (non-hydrogen) atoms. The van der Waals surface area contributed by atoms with Crippen LogP contribution in [0.4, 0.5) is 5.69 Å². The molecule has 0 fully saturated rings. The number of nitro groups is 1. The first-order chi connectivity index (χ1) is 11.3. The number of benzene rings is 1. The minimum absolute atomic E-state index is 0.0632. The van der Waals surface area contributed by atoms with Gasteiger partial charge in [-0.25, -0.2) is 0 Å². The molecular weight excluding hydrogens is 501 g/mol. The number of fused-ring (bicyclic) bond motifs is 1. The fraction of sp³-hybridized carbons (Fsp3) is 0.250. The van der Waals surface area contributed by atoms with Crippen LogP contribution in [0.3, 0.4) is 0 Å². The molecule has 0 saturated heterocycles. The van der Waals surface area contributed by atoms with E-state index < -0.39 is 5.60 Å². The summed E-state index contributed by atoms with van der Waals surface area (Å²) in [5.74, 6) is 0. The fourth-order valence-corrected chi connectivity index (χ4v) is 3.79. The van der Waals surface area contributed by atoms with Crippen molar-refractivity contribution in [2.75, 3.05) is 7.11 Å². The van der Waals surface area contributed by atoms with E-state index in [1.54, 1.807) is 25.4 Å². The van der Waals surface area contributed by atoms with Crippen molar-refractivity contribution in [2.24, 2.45) is 0 Å². The molecule has 0 atom stereocenters. The van der Waals surface area contributed by atoms with Gasteiger partial charge in [-0.2, -0.15) is 0 Å². The molecule has 8 heteroatoms. The van der Waals surface area contributed by atoms with Crippen molar-refractivity contribution in [1.82, 2.24) is 12.6 Å². The summed E-state index contributed by atoms with van der Waals surface area (Å²) in [6.07, 6.45) is 1.71. The molecule has 0 bridgehead atoms. The summed E-state index contributed by atoms with van der Waals surface area (Å²) in [4.78, 5) is 15.1. The van der Waals surface area contributed by atoms with Crippen molar-refractivity contribution < 1.29 is 9.66 Å². The van der Waals surface area contributed by atoms with Crippen LogP contribution in [0.1, 0.15) is 19.5 Å². The number of hydrogen-bond acceptors (Lipinski definition) is 5. The topological polar surface area (TPSA) is 83.1 Å². The number of nitro benzene ring substituents is 1. The summed E-state index contributed by atoms with van der Waals surface area (Å²) < 4.78 is 7.37. The van der Waals surface area contributed by atoms with Crippen LogP contribution in [-0.4, -0.2) is 50.7 Å². The molecule has 0 unspecified atom stereocenters. The number of nitrogens with zero attached hydrogens (tertiary/aromatic N) is 4. The summed E-state index contributed by atoms with van der Waals surface area (Å²) in [7, 11) is 1.64. The molecule has 2 aromatic heterocycles. The first kappa shape index (κ1) is 17.0. The molecule has 0 aliphatic rings. The Labute approximate surface area is 154 Å². The second-order valence-corrected chi connectivity index (χ2v) is 7.80. The van der Waals surface area contributed by atoms with E-state index >= 15 is 0 Å². The Morgan fingerprint density at radius 2 is 2.04 bits per heavy atom. The summed E-state index contributed by atoms with van der Waals surface area (Å²) in [6.45, 7) is 3.88. The van der Waals surface area contributed by atoms with E-state index in [1.165, 1.54) is 6.07 Å². The predicted molar refractivity (Wildman–Crippen MR) is 90.8 cm³/mol. The Morgan fingerprint density at radius 1 is 1.29 bits per heavy atom. The van der Waals surface area contributed by atoms with Crippen LogP contribution in [-0.2, 0) is 10.3 Å². The monoisotopic (exact) mass is 516 g/mol. The third-order valence-electron chi connectivity index (χ3n) is 4.06. The minimum atomic E-state index is -0.525. The normalized spacial score (nSPS) is 11.8. The van der Waals surface area contributed by atoms with Crippen molar-refractivity contribution >= 4 is 42.7 Å². The fourth-order valence-electron chi connectivity index (χ4n) is 2.47. The van der Waals surface area contributed by atoms with E-state index in [-0.39, 0.29) is 10.6 Å². The molecule has 0 N–H and O–H groups in total. The summed E-state index contributed by atoms with van der Waals surface area (Å²) in [6, 6.07) is 8.64. The SMILES string of the molecule is COC(C)(C)c1cc(-c2n[n]([Tl])c3ccc([N+](=O)[O-])cc23)ccn1. The zero-order chi connectivity index (χ0) is 17.5. The second-order valence-electron chi connectivity index (χ2n) is 5.90. The van der Waals surface area contributed by atoms with Gasteiger partial charge in [0.1, 0.15) is 0 Å². The maximum atomic E-state index is 11.1. The summed E-state index contributed by atoms with van der Waals surface area (Å²) >= 11 is 0.462. The second kappa shape index (κ2) is 6.21. The van der Waals surface area contributed by atoms with Gasteiger partial charge in [-0.15, -0.1) is 0 Å². The van der Waals surface area contributed by atoms with Crippen molar-refractivity contribution in [3.8, 4) is 11.3 Å². The molecule has 120 valence electrons. The molecule has 0 aliphatic heterocycles. The molecule has 0 saturated carbocycles. The van der Waals surface area contributed by atoms with Gasteiger partial charge in [0.15, 0.2) is 0 Å². The molecular formula is C16H15N4O3Tl. The van der Waals surface area contributed by atoms with E-state index in [9.17, 15) is 10.1 Å². The Kier molecular flexibility index (Phi) is 4.39. The molecule has 3 aromatic rings. The van der Waals surface area contributed by atoms with E-state index in [2.05, 4.69) is 10.1 Å². The van der Waals surface area contributed by atoms with Crippen LogP contribution in [0, 0.1) is 10.1 Å². The quantitative estimate of drug-likeness (QED) is 0.303. The van der Waals surface area contributed by atoms with Gasteiger partial charge in [-0.1, -0.05) is 0 Å². The van der Waals surface area contributed by atoms with Gasteiger partial charge in [0.25, 0.3) is 0 Å². The van der Waals surface area contributed by atoms with Gasteiger partial charge >= 0.3 is 155 Å². The van der Waals surface area contributed by atoms with E-state index in [0.717, 1.165) is 27.9 Å². The van der Waals surface area contributed by atoms with Crippen molar-refractivity contribution in [1.29, 1.82) is 0 Å². The van der Waals surface area contributed by atoms with Crippen LogP contribution in [0.2, 0.25) is 0 Å². The third kappa shape index (κ3) is 2.93. The van der Waals surface area contributed by atoms with Crippen molar-refractivity contribution in [3.05, 3.63) is 52.3 Å². The Balaban J connectivity index is 2.21. The van der Waals surface area contributed by atoms with Crippen LogP contribution < -0.4 is 0 Å². The van der Waals surface area contributed by atoms with Crippen LogP contribution in [0.5, 0.6) is 0 Å². The number of hydrogen-bond donors (Lipinski definition) is 0. The first-order valence-electron chi connectivity index (χ1n) is 7.28. The Hall–Kier alpha value is -1.88. The van der Waals surface area contributed by atoms with Gasteiger partial charge in [-0.3, -0.25) is 0 Å².